The molecule has 9 heteroatoms. The molecule has 2 heterocycles. The second-order valence-corrected chi connectivity index (χ2v) is 7.48. The van der Waals surface area contributed by atoms with Crippen molar-refractivity contribution < 1.29 is 42.2 Å². The van der Waals surface area contributed by atoms with Crippen LogP contribution < -0.4 is 0 Å². The molecule has 0 spiro atoms. The van der Waals surface area contributed by atoms with E-state index in [-0.39, 0.29) is 49.6 Å². The Balaban J connectivity index is 0.00000242. The average Bonchev–Trinajstić information content (AvgIpc) is 2.43. The molecule has 1 radical (unpaired) electrons. The summed E-state index contributed by atoms with van der Waals surface area (Å²) >= 11 is 0. The van der Waals surface area contributed by atoms with Crippen molar-refractivity contribution >= 4 is 8.18 Å². The Morgan fingerprint density at radius 2 is 1.77 bits per heavy atom. The zero-order valence-corrected chi connectivity index (χ0v) is 15.9. The van der Waals surface area contributed by atoms with Gasteiger partial charge in [0.15, 0.2) is 0 Å². The molecule has 2 fully saturated rings. The van der Waals surface area contributed by atoms with E-state index in [0.717, 1.165) is 13.1 Å². The van der Waals surface area contributed by atoms with Gasteiger partial charge < -0.3 is 24.0 Å². The van der Waals surface area contributed by atoms with E-state index in [1.54, 1.807) is 4.67 Å². The first kappa shape index (κ1) is 20.6. The number of hydrogen-bond donors (Lipinski definition) is 1. The van der Waals surface area contributed by atoms with E-state index >= 15 is 0 Å². The Kier molecular flexibility index (Phi) is 9.16. The first-order chi connectivity index (χ1) is 9.97. The van der Waals surface area contributed by atoms with Crippen LogP contribution in [0.15, 0.2) is 0 Å². The molecule has 2 saturated heterocycles. The first-order valence-electron chi connectivity index (χ1n) is 7.50. The Bertz CT molecular complexity index is 355. The maximum absolute atomic E-state index is 12.3. The summed E-state index contributed by atoms with van der Waals surface area (Å²) in [5, 5.41) is 9.19. The molecule has 22 heavy (non-hydrogen) atoms. The Hall–Kier alpha value is 0.574. The van der Waals surface area contributed by atoms with Crippen LogP contribution >= 0.6 is 8.18 Å². The molecule has 0 amide bonds. The molecule has 1 N–H and O–H groups in total. The maximum atomic E-state index is 12.3. The van der Waals surface area contributed by atoms with Gasteiger partial charge >= 0.3 is 0 Å². The zero-order valence-electron chi connectivity index (χ0n) is 13.5. The minimum atomic E-state index is -2.30. The van der Waals surface area contributed by atoms with E-state index in [9.17, 15) is 9.67 Å². The zero-order chi connectivity index (χ0) is 15.4. The number of ether oxygens (including phenoxy) is 2. The van der Waals surface area contributed by atoms with Crippen molar-refractivity contribution in [2.45, 2.75) is 38.3 Å². The predicted molar refractivity (Wildman–Crippen MR) is 79.8 cm³/mol. The van der Waals surface area contributed by atoms with Crippen LogP contribution in [0, 0.1) is 0 Å². The minimum Gasteiger partial charge on any atom is -0.394 e. The van der Waals surface area contributed by atoms with E-state index in [1.807, 2.05) is 20.9 Å². The SMILES string of the molecule is CC1CN(C)CC(CO[PH](=O)N2CC(C)OC(CO)C2)O1.[V]. The normalized spacial score (nSPS) is 35.8. The summed E-state index contributed by atoms with van der Waals surface area (Å²) in [6, 6.07) is 0. The van der Waals surface area contributed by atoms with Crippen molar-refractivity contribution in [3.05, 3.63) is 0 Å². The number of nitrogens with zero attached hydrogens (tertiary/aromatic N) is 2. The number of rotatable bonds is 5. The van der Waals surface area contributed by atoms with Crippen LogP contribution in [-0.2, 0) is 37.1 Å². The van der Waals surface area contributed by atoms with Gasteiger partial charge in [0.25, 0.3) is 8.18 Å². The van der Waals surface area contributed by atoms with Gasteiger partial charge in [-0.25, -0.2) is 4.67 Å². The molecule has 0 aromatic heterocycles. The van der Waals surface area contributed by atoms with Gasteiger partial charge in [-0.1, -0.05) is 0 Å². The smallest absolute Gasteiger partial charge is 0.261 e. The fourth-order valence-electron chi connectivity index (χ4n) is 2.92. The molecule has 129 valence electrons. The summed E-state index contributed by atoms with van der Waals surface area (Å²) in [4.78, 5) is 2.19. The van der Waals surface area contributed by atoms with E-state index in [1.165, 1.54) is 0 Å². The molecule has 7 nitrogen and oxygen atoms in total. The molecule has 2 rings (SSSR count). The Morgan fingerprint density at radius 3 is 2.41 bits per heavy atom. The summed E-state index contributed by atoms with van der Waals surface area (Å²) < 4.78 is 30.9. The summed E-state index contributed by atoms with van der Waals surface area (Å²) in [5.74, 6) is 0. The fourth-order valence-corrected chi connectivity index (χ4v) is 4.19. The molecule has 0 aromatic rings. The van der Waals surface area contributed by atoms with E-state index < -0.39 is 8.18 Å². The number of hydrogen-bond acceptors (Lipinski definition) is 6. The molecule has 2 aliphatic heterocycles. The summed E-state index contributed by atoms with van der Waals surface area (Å²) in [6.45, 7) is 6.91. The number of aliphatic hydroxyl groups excluding tert-OH is 1. The summed E-state index contributed by atoms with van der Waals surface area (Å²) in [7, 11) is -0.259. The van der Waals surface area contributed by atoms with Crippen molar-refractivity contribution in [3.8, 4) is 0 Å². The Labute approximate surface area is 145 Å². The van der Waals surface area contributed by atoms with Crippen molar-refractivity contribution in [2.24, 2.45) is 0 Å². The summed E-state index contributed by atoms with van der Waals surface area (Å²) in [6.07, 6.45) is -0.212. The molecule has 5 atom stereocenters. The molecular weight excluding hydrogens is 346 g/mol. The number of aliphatic hydroxyl groups is 1. The van der Waals surface area contributed by atoms with Crippen molar-refractivity contribution in [2.75, 3.05) is 46.4 Å². The topological polar surface area (TPSA) is 71.5 Å². The molecule has 0 saturated carbocycles. The van der Waals surface area contributed by atoms with Gasteiger partial charge in [0, 0.05) is 44.7 Å². The molecular formula is C13H27N2O5PV. The van der Waals surface area contributed by atoms with Crippen LogP contribution in [0.4, 0.5) is 0 Å². The van der Waals surface area contributed by atoms with Gasteiger partial charge in [0.2, 0.25) is 0 Å². The van der Waals surface area contributed by atoms with Crippen molar-refractivity contribution in [1.29, 1.82) is 0 Å². The number of morpholine rings is 2. The van der Waals surface area contributed by atoms with Gasteiger partial charge in [0.05, 0.1) is 37.6 Å². The molecule has 2 aliphatic rings. The van der Waals surface area contributed by atoms with E-state index in [0.29, 0.717) is 19.7 Å². The molecule has 0 bridgehead atoms. The quantitative estimate of drug-likeness (QED) is 0.690. The third kappa shape index (κ3) is 6.23. The number of likely N-dealkylation sites (N-methyl/N-ethyl adjacent to an activating group) is 1. The monoisotopic (exact) mass is 373 g/mol. The van der Waals surface area contributed by atoms with Gasteiger partial charge in [0.1, 0.15) is 0 Å². The van der Waals surface area contributed by atoms with Gasteiger partial charge in [-0.3, -0.25) is 4.57 Å². The minimum absolute atomic E-state index is 0. The van der Waals surface area contributed by atoms with Crippen molar-refractivity contribution in [1.82, 2.24) is 9.57 Å². The standard InChI is InChI=1S/C13H27N2O5P.V/c1-10-4-14(3)6-13(20-10)9-18-21(17)15-5-11(2)19-12(7-15)8-16;/h10-13,16,21H,4-9H2,1-3H3;. The average molecular weight is 373 g/mol. The van der Waals surface area contributed by atoms with E-state index in [4.69, 9.17) is 14.0 Å². The van der Waals surface area contributed by atoms with Gasteiger partial charge in [-0.15, -0.1) is 0 Å². The van der Waals surface area contributed by atoms with E-state index in [2.05, 4.69) is 4.90 Å². The predicted octanol–water partition coefficient (Wildman–Crippen LogP) is 0.191. The fraction of sp³-hybridized carbons (Fsp3) is 1.00. The maximum Gasteiger partial charge on any atom is 0.261 e. The third-order valence-corrected chi connectivity index (χ3v) is 4.98. The van der Waals surface area contributed by atoms with Crippen LogP contribution in [0.3, 0.4) is 0 Å². The molecule has 0 aliphatic carbocycles. The van der Waals surface area contributed by atoms with Crippen LogP contribution in [-0.4, -0.2) is 85.5 Å². The first-order valence-corrected chi connectivity index (χ1v) is 8.76. The largest absolute Gasteiger partial charge is 0.394 e. The van der Waals surface area contributed by atoms with Crippen molar-refractivity contribution in [3.63, 3.8) is 0 Å². The second kappa shape index (κ2) is 9.77. The van der Waals surface area contributed by atoms with Gasteiger partial charge in [-0.05, 0) is 20.9 Å². The third-order valence-electron chi connectivity index (χ3n) is 3.69. The van der Waals surface area contributed by atoms with Crippen LogP contribution in [0.5, 0.6) is 0 Å². The molecule has 5 unspecified atom stereocenters. The van der Waals surface area contributed by atoms with Gasteiger partial charge in [-0.2, -0.15) is 0 Å². The Morgan fingerprint density at radius 1 is 1.14 bits per heavy atom. The van der Waals surface area contributed by atoms with Crippen LogP contribution in [0.25, 0.3) is 0 Å². The molecule has 0 aromatic carbocycles. The second-order valence-electron chi connectivity index (χ2n) is 6.02. The van der Waals surface area contributed by atoms with Crippen LogP contribution in [0.2, 0.25) is 0 Å². The summed E-state index contributed by atoms with van der Waals surface area (Å²) in [5.41, 5.74) is 0. The van der Waals surface area contributed by atoms with Crippen LogP contribution in [0.1, 0.15) is 13.8 Å².